The van der Waals surface area contributed by atoms with Gasteiger partial charge in [-0.05, 0) is 31.7 Å². The van der Waals surface area contributed by atoms with Gasteiger partial charge in [-0.3, -0.25) is 0 Å². The maximum atomic E-state index is 10.7. The van der Waals surface area contributed by atoms with E-state index < -0.39 is 0 Å². The third-order valence-electron chi connectivity index (χ3n) is 1.71. The van der Waals surface area contributed by atoms with Crippen molar-refractivity contribution in [1.82, 2.24) is 0 Å². The fourth-order valence-electron chi connectivity index (χ4n) is 1.34. The van der Waals surface area contributed by atoms with Crippen LogP contribution in [-0.2, 0) is 4.79 Å². The topological polar surface area (TPSA) is 43.1 Å². The smallest absolute Gasteiger partial charge is 0.130 e. The molecule has 0 bridgehead atoms. The fraction of sp³-hybridized carbons (Fsp3) is 0.889. The van der Waals surface area contributed by atoms with Crippen LogP contribution in [0.2, 0.25) is 0 Å². The van der Waals surface area contributed by atoms with Gasteiger partial charge in [0.25, 0.3) is 0 Å². The summed E-state index contributed by atoms with van der Waals surface area (Å²) in [4.78, 5) is 10.7. The molecule has 0 fully saturated rings. The predicted molar refractivity (Wildman–Crippen MR) is 47.3 cm³/mol. The minimum Gasteiger partial charge on any atom is -0.330 e. The van der Waals surface area contributed by atoms with Crippen molar-refractivity contribution in [2.45, 2.75) is 33.6 Å². The lowest BCUT2D eigenvalue weighted by atomic mass is 9.93. The number of hydrogen-bond acceptors (Lipinski definition) is 2. The molecule has 2 heteroatoms. The first-order chi connectivity index (χ1) is 5.06. The molecule has 0 aliphatic carbocycles. The highest BCUT2D eigenvalue weighted by Gasteiger charge is 2.10. The van der Waals surface area contributed by atoms with Gasteiger partial charge >= 0.3 is 0 Å². The summed E-state index contributed by atoms with van der Waals surface area (Å²) in [5.41, 5.74) is 5.52. The molecular formula is C9H19NO. The second-order valence-corrected chi connectivity index (χ2v) is 3.64. The van der Waals surface area contributed by atoms with E-state index in [-0.39, 0.29) is 5.78 Å². The number of carbonyl (C=O) groups excluding carboxylic acids is 1. The van der Waals surface area contributed by atoms with Gasteiger partial charge in [0, 0.05) is 6.42 Å². The number of nitrogens with two attached hydrogens (primary N) is 1. The SMILES string of the molecule is CC(=O)C[C@@H](CN)CC(C)C. The van der Waals surface area contributed by atoms with Crippen molar-refractivity contribution in [1.29, 1.82) is 0 Å². The largest absolute Gasteiger partial charge is 0.330 e. The van der Waals surface area contributed by atoms with Gasteiger partial charge in [0.05, 0.1) is 0 Å². The van der Waals surface area contributed by atoms with Crippen molar-refractivity contribution in [2.24, 2.45) is 17.6 Å². The molecule has 2 N–H and O–H groups in total. The van der Waals surface area contributed by atoms with E-state index in [2.05, 4.69) is 13.8 Å². The third-order valence-corrected chi connectivity index (χ3v) is 1.71. The molecule has 2 nitrogen and oxygen atoms in total. The van der Waals surface area contributed by atoms with Crippen LogP contribution >= 0.6 is 0 Å². The number of hydrogen-bond donors (Lipinski definition) is 1. The molecule has 0 rings (SSSR count). The predicted octanol–water partition coefficient (Wildman–Crippen LogP) is 1.59. The van der Waals surface area contributed by atoms with Gasteiger partial charge in [0.15, 0.2) is 0 Å². The monoisotopic (exact) mass is 157 g/mol. The fourth-order valence-corrected chi connectivity index (χ4v) is 1.34. The molecule has 0 unspecified atom stereocenters. The first-order valence-electron chi connectivity index (χ1n) is 4.25. The van der Waals surface area contributed by atoms with Crippen molar-refractivity contribution in [3.8, 4) is 0 Å². The Labute approximate surface area is 69.2 Å². The lowest BCUT2D eigenvalue weighted by Gasteiger charge is -2.14. The van der Waals surface area contributed by atoms with Crippen LogP contribution in [0.1, 0.15) is 33.6 Å². The highest BCUT2D eigenvalue weighted by Crippen LogP contribution is 2.13. The molecule has 1 atom stereocenters. The van der Waals surface area contributed by atoms with Gasteiger partial charge < -0.3 is 10.5 Å². The molecule has 66 valence electrons. The molecule has 0 saturated heterocycles. The minimum atomic E-state index is 0.251. The molecule has 0 saturated carbocycles. The second kappa shape index (κ2) is 5.30. The Kier molecular flexibility index (Phi) is 5.12. The summed E-state index contributed by atoms with van der Waals surface area (Å²) >= 11 is 0. The molecule has 0 aromatic heterocycles. The zero-order chi connectivity index (χ0) is 8.85. The van der Waals surface area contributed by atoms with Gasteiger partial charge in [-0.1, -0.05) is 13.8 Å². The van der Waals surface area contributed by atoms with Crippen molar-refractivity contribution in [2.75, 3.05) is 6.54 Å². The van der Waals surface area contributed by atoms with Crippen molar-refractivity contribution in [3.05, 3.63) is 0 Å². The van der Waals surface area contributed by atoms with Crippen molar-refractivity contribution < 1.29 is 4.79 Å². The van der Waals surface area contributed by atoms with E-state index in [1.807, 2.05) is 0 Å². The molecule has 0 aromatic rings. The zero-order valence-corrected chi connectivity index (χ0v) is 7.76. The summed E-state index contributed by atoms with van der Waals surface area (Å²) in [7, 11) is 0. The molecule has 0 aromatic carbocycles. The molecular weight excluding hydrogens is 138 g/mol. The van der Waals surface area contributed by atoms with E-state index in [1.54, 1.807) is 6.92 Å². The van der Waals surface area contributed by atoms with Gasteiger partial charge in [-0.15, -0.1) is 0 Å². The highest BCUT2D eigenvalue weighted by atomic mass is 16.1. The highest BCUT2D eigenvalue weighted by molar-refractivity contribution is 5.75. The van der Waals surface area contributed by atoms with Crippen LogP contribution in [0.25, 0.3) is 0 Å². The summed E-state index contributed by atoms with van der Waals surface area (Å²) in [6.45, 7) is 6.58. The molecule has 11 heavy (non-hydrogen) atoms. The standard InChI is InChI=1S/C9H19NO/c1-7(2)4-9(6-10)5-8(3)11/h7,9H,4-6,10H2,1-3H3/t9-/m0/s1. The van der Waals surface area contributed by atoms with Crippen LogP contribution in [0.4, 0.5) is 0 Å². The molecule has 0 radical (unpaired) electrons. The number of Topliss-reactive ketones (excluding diaryl/α,β-unsaturated/α-hetero) is 1. The normalized spacial score (nSPS) is 13.5. The van der Waals surface area contributed by atoms with Crippen LogP contribution in [-0.4, -0.2) is 12.3 Å². The van der Waals surface area contributed by atoms with E-state index in [9.17, 15) is 4.79 Å². The quantitative estimate of drug-likeness (QED) is 0.658. The van der Waals surface area contributed by atoms with E-state index in [0.717, 1.165) is 6.42 Å². The lowest BCUT2D eigenvalue weighted by molar-refractivity contribution is -0.117. The van der Waals surface area contributed by atoms with E-state index in [1.165, 1.54) is 0 Å². The Morgan fingerprint density at radius 3 is 2.27 bits per heavy atom. The molecule has 0 aliphatic heterocycles. The lowest BCUT2D eigenvalue weighted by Crippen LogP contribution is -2.18. The average molecular weight is 157 g/mol. The number of carbonyl (C=O) groups is 1. The summed E-state index contributed by atoms with van der Waals surface area (Å²) in [6, 6.07) is 0. The van der Waals surface area contributed by atoms with Gasteiger partial charge in [-0.25, -0.2) is 0 Å². The molecule has 0 amide bonds. The van der Waals surface area contributed by atoms with Crippen LogP contribution in [0.15, 0.2) is 0 Å². The van der Waals surface area contributed by atoms with Crippen LogP contribution in [0.3, 0.4) is 0 Å². The van der Waals surface area contributed by atoms with Crippen LogP contribution in [0, 0.1) is 11.8 Å². The first-order valence-corrected chi connectivity index (χ1v) is 4.25. The maximum Gasteiger partial charge on any atom is 0.130 e. The van der Waals surface area contributed by atoms with Crippen LogP contribution in [0.5, 0.6) is 0 Å². The number of ketones is 1. The maximum absolute atomic E-state index is 10.7. The van der Waals surface area contributed by atoms with Crippen LogP contribution < -0.4 is 5.73 Å². The van der Waals surface area contributed by atoms with Crippen molar-refractivity contribution in [3.63, 3.8) is 0 Å². The Balaban J connectivity index is 3.66. The Hall–Kier alpha value is -0.370. The molecule has 0 aliphatic rings. The third kappa shape index (κ3) is 6.05. The van der Waals surface area contributed by atoms with Gasteiger partial charge in [0.2, 0.25) is 0 Å². The summed E-state index contributed by atoms with van der Waals surface area (Å²) < 4.78 is 0. The minimum absolute atomic E-state index is 0.251. The summed E-state index contributed by atoms with van der Waals surface area (Å²) in [5, 5.41) is 0. The number of rotatable bonds is 5. The van der Waals surface area contributed by atoms with Crippen molar-refractivity contribution >= 4 is 5.78 Å². The zero-order valence-electron chi connectivity index (χ0n) is 7.76. The van der Waals surface area contributed by atoms with E-state index in [4.69, 9.17) is 5.73 Å². The summed E-state index contributed by atoms with van der Waals surface area (Å²) in [5.74, 6) is 1.29. The van der Waals surface area contributed by atoms with E-state index in [0.29, 0.717) is 24.8 Å². The average Bonchev–Trinajstić information content (AvgIpc) is 1.84. The Morgan fingerprint density at radius 2 is 2.00 bits per heavy atom. The van der Waals surface area contributed by atoms with Gasteiger partial charge in [0.1, 0.15) is 5.78 Å². The van der Waals surface area contributed by atoms with Gasteiger partial charge in [-0.2, -0.15) is 0 Å². The Bertz CT molecular complexity index is 121. The van der Waals surface area contributed by atoms with E-state index >= 15 is 0 Å². The first kappa shape index (κ1) is 10.6. The second-order valence-electron chi connectivity index (χ2n) is 3.64. The molecule has 0 spiro atoms. The Morgan fingerprint density at radius 1 is 1.45 bits per heavy atom. The molecule has 0 heterocycles. The summed E-state index contributed by atoms with van der Waals surface area (Å²) in [6.07, 6.45) is 1.71.